The highest BCUT2D eigenvalue weighted by Gasteiger charge is 2.30. The second-order valence-electron chi connectivity index (χ2n) is 8.02. The van der Waals surface area contributed by atoms with Crippen molar-refractivity contribution in [1.29, 1.82) is 0 Å². The number of nitrogens with zero attached hydrogens (tertiary/aromatic N) is 3. The summed E-state index contributed by atoms with van der Waals surface area (Å²) in [5, 5.41) is 30.9. The minimum Gasteiger partial charge on any atom is -0.505 e. The molecular formula is C23H22Cl2N4O4. The van der Waals surface area contributed by atoms with Crippen molar-refractivity contribution in [1.82, 2.24) is 9.78 Å². The first-order valence-electron chi connectivity index (χ1n) is 10.4. The number of rotatable bonds is 5. The van der Waals surface area contributed by atoms with Crippen LogP contribution < -0.4 is 5.56 Å². The van der Waals surface area contributed by atoms with Gasteiger partial charge in [-0.15, -0.1) is 33.4 Å². The standard InChI is InChI=1S/C23H22Cl2N4O4/c1-12-20(22(31)29(28-12)15-8-9-17(24)18(25)11-15)27-26-19-7-3-6-16(21(19)30)13-4-2-5-14(10-13)23(32)33/h2-7,10,15,17-18,28,30H,8-9,11H2,1H3,(H,32,33). The summed E-state index contributed by atoms with van der Waals surface area (Å²) in [7, 11) is 0. The number of carbonyl (C=O) groups is 1. The minimum absolute atomic E-state index is 0.101. The van der Waals surface area contributed by atoms with Crippen molar-refractivity contribution in [2.45, 2.75) is 43.0 Å². The minimum atomic E-state index is -1.06. The molecule has 0 aliphatic heterocycles. The van der Waals surface area contributed by atoms with E-state index in [-0.39, 0.29) is 45.0 Å². The Morgan fingerprint density at radius 2 is 1.88 bits per heavy atom. The van der Waals surface area contributed by atoms with Crippen molar-refractivity contribution in [3.8, 4) is 16.9 Å². The molecule has 3 N–H and O–H groups in total. The Bertz CT molecular complexity index is 1280. The van der Waals surface area contributed by atoms with Crippen LogP contribution in [-0.4, -0.2) is 36.7 Å². The number of aryl methyl sites for hydroxylation is 1. The van der Waals surface area contributed by atoms with Gasteiger partial charge in [0.1, 0.15) is 5.69 Å². The van der Waals surface area contributed by atoms with E-state index in [0.29, 0.717) is 29.7 Å². The van der Waals surface area contributed by atoms with Gasteiger partial charge in [0.25, 0.3) is 5.56 Å². The number of azo groups is 1. The summed E-state index contributed by atoms with van der Waals surface area (Å²) in [5.41, 5.74) is 1.56. The molecule has 3 atom stereocenters. The molecule has 8 nitrogen and oxygen atoms in total. The number of phenols is 1. The van der Waals surface area contributed by atoms with Gasteiger partial charge in [-0.2, -0.15) is 0 Å². The molecule has 0 amide bonds. The van der Waals surface area contributed by atoms with Crippen LogP contribution in [0.5, 0.6) is 5.75 Å². The Morgan fingerprint density at radius 1 is 1.12 bits per heavy atom. The third-order valence-electron chi connectivity index (χ3n) is 5.79. The van der Waals surface area contributed by atoms with Crippen molar-refractivity contribution >= 4 is 40.5 Å². The normalized spacial score (nSPS) is 20.9. The fourth-order valence-electron chi connectivity index (χ4n) is 3.99. The van der Waals surface area contributed by atoms with Crippen LogP contribution in [0.15, 0.2) is 57.5 Å². The Morgan fingerprint density at radius 3 is 2.61 bits per heavy atom. The third kappa shape index (κ3) is 4.67. The van der Waals surface area contributed by atoms with Gasteiger partial charge < -0.3 is 10.2 Å². The van der Waals surface area contributed by atoms with Gasteiger partial charge in [0, 0.05) is 5.56 Å². The first kappa shape index (κ1) is 23.1. The summed E-state index contributed by atoms with van der Waals surface area (Å²) in [5.74, 6) is -1.23. The smallest absolute Gasteiger partial charge is 0.335 e. The summed E-state index contributed by atoms with van der Waals surface area (Å²) < 4.78 is 1.52. The van der Waals surface area contributed by atoms with Crippen LogP contribution in [0, 0.1) is 6.92 Å². The number of aromatic carboxylic acids is 1. The molecule has 1 aliphatic carbocycles. The van der Waals surface area contributed by atoms with Crippen LogP contribution in [0.2, 0.25) is 0 Å². The molecule has 1 aliphatic rings. The van der Waals surface area contributed by atoms with E-state index in [4.69, 9.17) is 23.2 Å². The summed E-state index contributed by atoms with van der Waals surface area (Å²) in [6.07, 6.45) is 2.02. The maximum Gasteiger partial charge on any atom is 0.335 e. The van der Waals surface area contributed by atoms with Gasteiger partial charge in [-0.05, 0) is 49.9 Å². The van der Waals surface area contributed by atoms with Gasteiger partial charge in [-0.25, -0.2) is 9.48 Å². The number of aromatic hydroxyl groups is 1. The van der Waals surface area contributed by atoms with Crippen LogP contribution in [0.4, 0.5) is 11.4 Å². The number of aromatic nitrogens is 2. The van der Waals surface area contributed by atoms with Crippen LogP contribution >= 0.6 is 23.2 Å². The van der Waals surface area contributed by atoms with E-state index in [1.165, 1.54) is 16.8 Å². The SMILES string of the molecule is Cc1[nH]n(C2CCC(Cl)C(Cl)C2)c(=O)c1N=Nc1cccc(-c2cccc(C(=O)O)c2)c1O. The number of carboxylic acids is 1. The Balaban J connectivity index is 1.64. The molecule has 2 aromatic carbocycles. The lowest BCUT2D eigenvalue weighted by Gasteiger charge is -2.29. The summed E-state index contributed by atoms with van der Waals surface area (Å²) in [6.45, 7) is 1.73. The molecule has 3 unspecified atom stereocenters. The van der Waals surface area contributed by atoms with Crippen LogP contribution in [-0.2, 0) is 0 Å². The monoisotopic (exact) mass is 488 g/mol. The van der Waals surface area contributed by atoms with Crippen molar-refractivity contribution in [3.63, 3.8) is 0 Å². The average molecular weight is 489 g/mol. The summed E-state index contributed by atoms with van der Waals surface area (Å²) in [6, 6.07) is 11.0. The molecule has 0 saturated heterocycles. The first-order valence-corrected chi connectivity index (χ1v) is 11.3. The molecular weight excluding hydrogens is 467 g/mol. The molecule has 1 saturated carbocycles. The number of alkyl halides is 2. The lowest BCUT2D eigenvalue weighted by atomic mass is 9.95. The average Bonchev–Trinajstić information content (AvgIpc) is 3.08. The van der Waals surface area contributed by atoms with Gasteiger partial charge in [-0.1, -0.05) is 24.3 Å². The number of para-hydroxylation sites is 1. The Labute approximate surface area is 199 Å². The van der Waals surface area contributed by atoms with Crippen LogP contribution in [0.3, 0.4) is 0 Å². The number of carboxylic acid groups (broad SMARTS) is 1. The highest BCUT2D eigenvalue weighted by molar-refractivity contribution is 6.30. The van der Waals surface area contributed by atoms with Gasteiger partial charge in [0.2, 0.25) is 0 Å². The van der Waals surface area contributed by atoms with Gasteiger partial charge in [-0.3, -0.25) is 9.89 Å². The zero-order valence-corrected chi connectivity index (χ0v) is 19.2. The number of benzene rings is 2. The fourth-order valence-corrected chi connectivity index (χ4v) is 4.56. The van der Waals surface area contributed by atoms with Crippen LogP contribution in [0.1, 0.15) is 41.4 Å². The zero-order valence-electron chi connectivity index (χ0n) is 17.7. The van der Waals surface area contributed by atoms with Gasteiger partial charge >= 0.3 is 5.97 Å². The van der Waals surface area contributed by atoms with Crippen molar-refractivity contribution < 1.29 is 15.0 Å². The maximum atomic E-state index is 13.0. The summed E-state index contributed by atoms with van der Waals surface area (Å²) in [4.78, 5) is 24.2. The van der Waals surface area contributed by atoms with E-state index in [9.17, 15) is 19.8 Å². The Hall–Kier alpha value is -3.10. The number of phenolic OH excluding ortho intramolecular Hbond substituents is 1. The van der Waals surface area contributed by atoms with Crippen molar-refractivity contribution in [2.75, 3.05) is 0 Å². The van der Waals surface area contributed by atoms with Crippen LogP contribution in [0.25, 0.3) is 11.1 Å². The lowest BCUT2D eigenvalue weighted by Crippen LogP contribution is -2.32. The second kappa shape index (κ2) is 9.41. The Kier molecular flexibility index (Phi) is 6.58. The molecule has 1 aromatic heterocycles. The molecule has 33 heavy (non-hydrogen) atoms. The largest absolute Gasteiger partial charge is 0.505 e. The maximum absolute atomic E-state index is 13.0. The molecule has 172 valence electrons. The van der Waals surface area contributed by atoms with E-state index >= 15 is 0 Å². The molecule has 1 heterocycles. The van der Waals surface area contributed by atoms with Gasteiger partial charge in [0.15, 0.2) is 11.4 Å². The molecule has 1 fully saturated rings. The van der Waals surface area contributed by atoms with E-state index in [1.54, 1.807) is 37.3 Å². The second-order valence-corrected chi connectivity index (χ2v) is 9.14. The quantitative estimate of drug-likeness (QED) is 0.305. The zero-order chi connectivity index (χ0) is 23.7. The highest BCUT2D eigenvalue weighted by Crippen LogP contribution is 2.38. The predicted octanol–water partition coefficient (Wildman–Crippen LogP) is 5.91. The molecule has 0 radical (unpaired) electrons. The third-order valence-corrected chi connectivity index (χ3v) is 6.92. The molecule has 0 spiro atoms. The van der Waals surface area contributed by atoms with E-state index < -0.39 is 5.97 Å². The molecule has 0 bridgehead atoms. The molecule has 4 rings (SSSR count). The fraction of sp³-hybridized carbons (Fsp3) is 0.304. The van der Waals surface area contributed by atoms with E-state index in [0.717, 1.165) is 6.42 Å². The van der Waals surface area contributed by atoms with Crippen molar-refractivity contribution in [2.24, 2.45) is 10.2 Å². The number of aromatic amines is 1. The predicted molar refractivity (Wildman–Crippen MR) is 127 cm³/mol. The molecule has 3 aromatic rings. The lowest BCUT2D eigenvalue weighted by molar-refractivity contribution is 0.0697. The van der Waals surface area contributed by atoms with E-state index in [2.05, 4.69) is 15.3 Å². The first-order chi connectivity index (χ1) is 15.8. The topological polar surface area (TPSA) is 120 Å². The number of H-pyrrole nitrogens is 1. The number of hydrogen-bond donors (Lipinski definition) is 3. The number of hydrogen-bond acceptors (Lipinski definition) is 5. The molecule has 10 heteroatoms. The highest BCUT2D eigenvalue weighted by atomic mass is 35.5. The van der Waals surface area contributed by atoms with E-state index in [1.807, 2.05) is 0 Å². The summed E-state index contributed by atoms with van der Waals surface area (Å²) >= 11 is 12.5. The number of halogens is 2. The van der Waals surface area contributed by atoms with Gasteiger partial charge in [0.05, 0.1) is 28.1 Å². The van der Waals surface area contributed by atoms with Crippen molar-refractivity contribution in [3.05, 3.63) is 64.1 Å². The number of nitrogens with one attached hydrogen (secondary N) is 1.